The van der Waals surface area contributed by atoms with Crippen molar-refractivity contribution in [2.45, 2.75) is 31.2 Å². The van der Waals surface area contributed by atoms with E-state index in [0.717, 1.165) is 0 Å². The molecule has 0 spiro atoms. The lowest BCUT2D eigenvalue weighted by atomic mass is 10.1. The third-order valence-electron chi connectivity index (χ3n) is 1.90. The van der Waals surface area contributed by atoms with Gasteiger partial charge in [0.25, 0.3) is 5.91 Å². The Morgan fingerprint density at radius 3 is 2.92 bits per heavy atom. The summed E-state index contributed by atoms with van der Waals surface area (Å²) < 4.78 is 26.2. The van der Waals surface area contributed by atoms with Crippen LogP contribution in [0.5, 0.6) is 0 Å². The van der Waals surface area contributed by atoms with Gasteiger partial charge in [0, 0.05) is 16.9 Å². The summed E-state index contributed by atoms with van der Waals surface area (Å²) in [4.78, 5) is 10.8. The molecule has 1 heterocycles. The summed E-state index contributed by atoms with van der Waals surface area (Å²) in [7, 11) is 0. The zero-order chi connectivity index (χ0) is 9.19. The fraction of sp³-hybridized carbons (Fsp3) is 0.857. The van der Waals surface area contributed by atoms with Gasteiger partial charge in [-0.15, -0.1) is 0 Å². The van der Waals surface area contributed by atoms with Crippen molar-refractivity contribution in [3.8, 4) is 0 Å². The molecule has 0 aromatic rings. The molecule has 5 heteroatoms. The molecule has 1 saturated heterocycles. The van der Waals surface area contributed by atoms with Crippen LogP contribution in [0.25, 0.3) is 0 Å². The Morgan fingerprint density at radius 2 is 2.33 bits per heavy atom. The molecule has 1 rings (SSSR count). The van der Waals surface area contributed by atoms with E-state index in [1.54, 1.807) is 0 Å². The fourth-order valence-electron chi connectivity index (χ4n) is 1.16. The quantitative estimate of drug-likeness (QED) is 0.578. The molecule has 0 radical (unpaired) electrons. The molecule has 1 aliphatic rings. The first kappa shape index (κ1) is 10.1. The van der Waals surface area contributed by atoms with E-state index in [9.17, 15) is 13.6 Å². The van der Waals surface area contributed by atoms with Gasteiger partial charge in [-0.25, -0.2) is 0 Å². The summed E-state index contributed by atoms with van der Waals surface area (Å²) in [6.07, 6.45) is 0.760. The maximum absolute atomic E-state index is 12.8. The fourth-order valence-corrected chi connectivity index (χ4v) is 1.82. The van der Waals surface area contributed by atoms with Crippen LogP contribution in [0.15, 0.2) is 0 Å². The molecule has 0 aliphatic carbocycles. The van der Waals surface area contributed by atoms with Crippen molar-refractivity contribution >= 4 is 28.5 Å². The zero-order valence-electron chi connectivity index (χ0n) is 6.45. The van der Waals surface area contributed by atoms with Crippen molar-refractivity contribution in [3.63, 3.8) is 0 Å². The maximum atomic E-state index is 12.8. The molecule has 0 aromatic carbocycles. The van der Waals surface area contributed by atoms with E-state index in [1.165, 1.54) is 0 Å². The number of rotatable bonds is 1. The van der Waals surface area contributed by atoms with E-state index in [4.69, 9.17) is 0 Å². The number of carbonyl (C=O) groups excluding carboxylic acids is 1. The highest BCUT2D eigenvalue weighted by molar-refractivity contribution is 14.1. The van der Waals surface area contributed by atoms with Gasteiger partial charge >= 0.3 is 5.92 Å². The molecule has 1 aliphatic heterocycles. The summed E-state index contributed by atoms with van der Waals surface area (Å²) >= 11 is 2.09. The molecule has 1 amide bonds. The Hall–Kier alpha value is 0.0600. The molecule has 0 aromatic heterocycles. The van der Waals surface area contributed by atoms with Crippen molar-refractivity contribution in [3.05, 3.63) is 0 Å². The molecule has 0 bridgehead atoms. The Labute approximate surface area is 83.2 Å². The predicted octanol–water partition coefficient (Wildman–Crippen LogP) is 1.73. The van der Waals surface area contributed by atoms with E-state index >= 15 is 0 Å². The van der Waals surface area contributed by atoms with Gasteiger partial charge < -0.3 is 5.32 Å². The third kappa shape index (κ3) is 2.27. The van der Waals surface area contributed by atoms with E-state index < -0.39 is 11.8 Å². The number of alkyl halides is 3. The van der Waals surface area contributed by atoms with Crippen LogP contribution in [0.4, 0.5) is 8.78 Å². The standard InChI is InChI=1S/C7H10F2INO/c8-7(9)3-1-2-5(4-10)11-6(7)12/h5H,1-4H2,(H,11,12). The van der Waals surface area contributed by atoms with Crippen LogP contribution in [-0.4, -0.2) is 22.3 Å². The van der Waals surface area contributed by atoms with Crippen molar-refractivity contribution in [1.82, 2.24) is 5.32 Å². The molecule has 70 valence electrons. The van der Waals surface area contributed by atoms with Gasteiger partial charge in [-0.2, -0.15) is 8.78 Å². The number of hydrogen-bond donors (Lipinski definition) is 1. The minimum absolute atomic E-state index is 0.0773. The summed E-state index contributed by atoms with van der Waals surface area (Å²) in [6, 6.07) is -0.0773. The lowest BCUT2D eigenvalue weighted by Crippen LogP contribution is -2.43. The molecule has 1 atom stereocenters. The van der Waals surface area contributed by atoms with E-state index in [2.05, 4.69) is 27.9 Å². The van der Waals surface area contributed by atoms with Crippen LogP contribution in [0.1, 0.15) is 19.3 Å². The molecule has 0 saturated carbocycles. The summed E-state index contributed by atoms with van der Waals surface area (Å²) in [5.41, 5.74) is 0. The minimum atomic E-state index is -3.15. The van der Waals surface area contributed by atoms with Crippen molar-refractivity contribution in [1.29, 1.82) is 0 Å². The van der Waals surface area contributed by atoms with Gasteiger partial charge in [-0.3, -0.25) is 4.79 Å². The maximum Gasteiger partial charge on any atom is 0.324 e. The van der Waals surface area contributed by atoms with Crippen LogP contribution in [0.3, 0.4) is 0 Å². The number of hydrogen-bond acceptors (Lipinski definition) is 1. The van der Waals surface area contributed by atoms with Crippen LogP contribution in [0.2, 0.25) is 0 Å². The molecular formula is C7H10F2INO. The summed E-state index contributed by atoms with van der Waals surface area (Å²) in [5.74, 6) is -4.26. The first-order chi connectivity index (χ1) is 5.56. The van der Waals surface area contributed by atoms with E-state index in [0.29, 0.717) is 17.3 Å². The predicted molar refractivity (Wildman–Crippen MR) is 49.6 cm³/mol. The van der Waals surface area contributed by atoms with Crippen molar-refractivity contribution < 1.29 is 13.6 Å². The van der Waals surface area contributed by atoms with E-state index in [-0.39, 0.29) is 12.5 Å². The van der Waals surface area contributed by atoms with E-state index in [1.807, 2.05) is 0 Å². The SMILES string of the molecule is O=C1NC(CI)CCCC1(F)F. The third-order valence-corrected chi connectivity index (χ3v) is 2.96. The first-order valence-electron chi connectivity index (χ1n) is 3.81. The Balaban J connectivity index is 2.63. The Bertz CT molecular complexity index is 186. The monoisotopic (exact) mass is 289 g/mol. The van der Waals surface area contributed by atoms with Gasteiger partial charge in [0.1, 0.15) is 0 Å². The number of halogens is 3. The lowest BCUT2D eigenvalue weighted by Gasteiger charge is -2.14. The lowest BCUT2D eigenvalue weighted by molar-refractivity contribution is -0.145. The molecular weight excluding hydrogens is 279 g/mol. The van der Waals surface area contributed by atoms with Crippen LogP contribution in [-0.2, 0) is 4.79 Å². The van der Waals surface area contributed by atoms with Gasteiger partial charge in [-0.05, 0) is 12.8 Å². The summed E-state index contributed by atoms with van der Waals surface area (Å²) in [5, 5.41) is 2.32. The topological polar surface area (TPSA) is 29.1 Å². The average Bonchev–Trinajstić information content (AvgIpc) is 2.12. The summed E-state index contributed by atoms with van der Waals surface area (Å²) in [6.45, 7) is 0. The molecule has 1 N–H and O–H groups in total. The normalized spacial score (nSPS) is 29.2. The van der Waals surface area contributed by atoms with Crippen LogP contribution in [0, 0.1) is 0 Å². The second-order valence-electron chi connectivity index (χ2n) is 2.92. The average molecular weight is 289 g/mol. The highest BCUT2D eigenvalue weighted by atomic mass is 127. The van der Waals surface area contributed by atoms with Gasteiger partial charge in [0.05, 0.1) is 0 Å². The zero-order valence-corrected chi connectivity index (χ0v) is 8.61. The number of carbonyl (C=O) groups is 1. The second kappa shape index (κ2) is 3.85. The van der Waals surface area contributed by atoms with Crippen molar-refractivity contribution in [2.75, 3.05) is 4.43 Å². The smallest absolute Gasteiger partial charge is 0.324 e. The van der Waals surface area contributed by atoms with Crippen LogP contribution >= 0.6 is 22.6 Å². The number of nitrogens with one attached hydrogen (secondary N) is 1. The van der Waals surface area contributed by atoms with Crippen LogP contribution < -0.4 is 5.32 Å². The largest absolute Gasteiger partial charge is 0.347 e. The number of amides is 1. The highest BCUT2D eigenvalue weighted by Crippen LogP contribution is 2.25. The molecule has 12 heavy (non-hydrogen) atoms. The molecule has 1 unspecified atom stereocenters. The Kier molecular flexibility index (Phi) is 3.25. The van der Waals surface area contributed by atoms with Crippen molar-refractivity contribution in [2.24, 2.45) is 0 Å². The highest BCUT2D eigenvalue weighted by Gasteiger charge is 2.40. The molecule has 1 fully saturated rings. The second-order valence-corrected chi connectivity index (χ2v) is 3.80. The minimum Gasteiger partial charge on any atom is -0.347 e. The first-order valence-corrected chi connectivity index (χ1v) is 5.33. The Morgan fingerprint density at radius 1 is 1.67 bits per heavy atom. The molecule has 2 nitrogen and oxygen atoms in total. The van der Waals surface area contributed by atoms with Gasteiger partial charge in [0.2, 0.25) is 0 Å². The van der Waals surface area contributed by atoms with Gasteiger partial charge in [0.15, 0.2) is 0 Å². The van der Waals surface area contributed by atoms with Gasteiger partial charge in [-0.1, -0.05) is 22.6 Å².